The fraction of sp³-hybridized carbons (Fsp3) is 0.467. The smallest absolute Gasteiger partial charge is 0.307 e. The summed E-state index contributed by atoms with van der Waals surface area (Å²) in [6, 6.07) is 5.27. The Balaban J connectivity index is 2.09. The molecule has 1 aliphatic carbocycles. The van der Waals surface area contributed by atoms with Crippen molar-refractivity contribution < 1.29 is 14.7 Å². The van der Waals surface area contributed by atoms with Gasteiger partial charge in [-0.2, -0.15) is 0 Å². The largest absolute Gasteiger partial charge is 0.481 e. The molecule has 0 aromatic heterocycles. The number of anilines is 2. The fourth-order valence-corrected chi connectivity index (χ4v) is 3.10. The van der Waals surface area contributed by atoms with Crippen LogP contribution in [-0.2, 0) is 9.59 Å². The van der Waals surface area contributed by atoms with E-state index in [2.05, 4.69) is 5.32 Å². The third-order valence-corrected chi connectivity index (χ3v) is 4.17. The molecule has 0 spiro atoms. The summed E-state index contributed by atoms with van der Waals surface area (Å²) in [7, 11) is 3.77. The molecule has 0 heterocycles. The normalized spacial score (nSPS) is 21.1. The molecule has 2 atom stereocenters. The molecule has 1 aromatic rings. The zero-order valence-electron chi connectivity index (χ0n) is 12.1. The van der Waals surface area contributed by atoms with Crippen molar-refractivity contribution in [2.45, 2.75) is 19.3 Å². The number of hydrogen-bond acceptors (Lipinski definition) is 3. The third kappa shape index (κ3) is 3.47. The van der Waals surface area contributed by atoms with Crippen LogP contribution in [-0.4, -0.2) is 31.1 Å². The van der Waals surface area contributed by atoms with Crippen molar-refractivity contribution in [3.8, 4) is 0 Å². The van der Waals surface area contributed by atoms with E-state index in [0.717, 1.165) is 12.1 Å². The van der Waals surface area contributed by atoms with Crippen LogP contribution in [0.2, 0.25) is 5.02 Å². The Labute approximate surface area is 128 Å². The SMILES string of the molecule is CN(C)c1ccc(NC(=O)C2CCCC2C(=O)O)cc1Cl. The quantitative estimate of drug-likeness (QED) is 0.897. The van der Waals surface area contributed by atoms with Gasteiger partial charge in [-0.3, -0.25) is 9.59 Å². The highest BCUT2D eigenvalue weighted by molar-refractivity contribution is 6.33. The number of halogens is 1. The second-order valence-corrected chi connectivity index (χ2v) is 5.94. The minimum Gasteiger partial charge on any atom is -0.481 e. The Morgan fingerprint density at radius 1 is 1.29 bits per heavy atom. The van der Waals surface area contributed by atoms with Gasteiger partial charge in [0.1, 0.15) is 0 Å². The van der Waals surface area contributed by atoms with E-state index in [-0.39, 0.29) is 5.91 Å². The Morgan fingerprint density at radius 3 is 2.52 bits per heavy atom. The Morgan fingerprint density at radius 2 is 1.95 bits per heavy atom. The minimum atomic E-state index is -0.895. The molecule has 5 nitrogen and oxygen atoms in total. The number of amides is 1. The maximum Gasteiger partial charge on any atom is 0.307 e. The van der Waals surface area contributed by atoms with Crippen LogP contribution in [0.15, 0.2) is 18.2 Å². The molecule has 21 heavy (non-hydrogen) atoms. The van der Waals surface area contributed by atoms with E-state index in [9.17, 15) is 9.59 Å². The molecule has 0 saturated heterocycles. The third-order valence-electron chi connectivity index (χ3n) is 3.87. The van der Waals surface area contributed by atoms with Crippen molar-refractivity contribution in [2.24, 2.45) is 11.8 Å². The summed E-state index contributed by atoms with van der Waals surface area (Å²) in [6.45, 7) is 0. The first-order valence-corrected chi connectivity index (χ1v) is 7.28. The predicted molar refractivity (Wildman–Crippen MR) is 82.9 cm³/mol. The minimum absolute atomic E-state index is 0.242. The lowest BCUT2D eigenvalue weighted by atomic mass is 9.95. The lowest BCUT2D eigenvalue weighted by Crippen LogP contribution is -2.30. The summed E-state index contributed by atoms with van der Waals surface area (Å²) in [5.74, 6) is -2.18. The summed E-state index contributed by atoms with van der Waals surface area (Å²) in [5.41, 5.74) is 1.45. The van der Waals surface area contributed by atoms with Gasteiger partial charge in [0.25, 0.3) is 0 Å². The van der Waals surface area contributed by atoms with E-state index in [1.165, 1.54) is 0 Å². The van der Waals surface area contributed by atoms with Gasteiger partial charge in [-0.05, 0) is 31.0 Å². The first-order chi connectivity index (χ1) is 9.90. The maximum absolute atomic E-state index is 12.2. The van der Waals surface area contributed by atoms with Crippen LogP contribution in [0.4, 0.5) is 11.4 Å². The van der Waals surface area contributed by atoms with Crippen LogP contribution in [0.3, 0.4) is 0 Å². The maximum atomic E-state index is 12.2. The number of nitrogens with zero attached hydrogens (tertiary/aromatic N) is 1. The molecule has 6 heteroatoms. The van der Waals surface area contributed by atoms with Crippen molar-refractivity contribution in [2.75, 3.05) is 24.3 Å². The van der Waals surface area contributed by atoms with Gasteiger partial charge in [-0.25, -0.2) is 0 Å². The highest BCUT2D eigenvalue weighted by Gasteiger charge is 2.37. The number of carbonyl (C=O) groups excluding carboxylic acids is 1. The molecule has 1 aliphatic rings. The van der Waals surface area contributed by atoms with Crippen LogP contribution in [0.25, 0.3) is 0 Å². The van der Waals surface area contributed by atoms with Gasteiger partial charge in [0.05, 0.1) is 22.5 Å². The highest BCUT2D eigenvalue weighted by atomic mass is 35.5. The van der Waals surface area contributed by atoms with Gasteiger partial charge in [0, 0.05) is 19.8 Å². The van der Waals surface area contributed by atoms with E-state index >= 15 is 0 Å². The first kappa shape index (κ1) is 15.6. The van der Waals surface area contributed by atoms with Crippen molar-refractivity contribution >= 4 is 34.9 Å². The van der Waals surface area contributed by atoms with Gasteiger partial charge in [-0.15, -0.1) is 0 Å². The van der Waals surface area contributed by atoms with Gasteiger partial charge < -0.3 is 15.3 Å². The van der Waals surface area contributed by atoms with E-state index in [1.54, 1.807) is 12.1 Å². The van der Waals surface area contributed by atoms with E-state index in [4.69, 9.17) is 16.7 Å². The van der Waals surface area contributed by atoms with Gasteiger partial charge in [0.15, 0.2) is 0 Å². The zero-order chi connectivity index (χ0) is 15.6. The Kier molecular flexibility index (Phi) is 4.73. The Hall–Kier alpha value is -1.75. The summed E-state index contributed by atoms with van der Waals surface area (Å²) in [5, 5.41) is 12.4. The van der Waals surface area contributed by atoms with Crippen LogP contribution in [0.1, 0.15) is 19.3 Å². The second kappa shape index (κ2) is 6.35. The molecule has 1 amide bonds. The zero-order valence-corrected chi connectivity index (χ0v) is 12.9. The number of nitrogens with one attached hydrogen (secondary N) is 1. The number of rotatable bonds is 4. The van der Waals surface area contributed by atoms with Crippen LogP contribution in [0.5, 0.6) is 0 Å². The highest BCUT2D eigenvalue weighted by Crippen LogP contribution is 2.33. The average molecular weight is 311 g/mol. The monoisotopic (exact) mass is 310 g/mol. The molecule has 2 N–H and O–H groups in total. The van der Waals surface area contributed by atoms with Crippen molar-refractivity contribution in [3.63, 3.8) is 0 Å². The topological polar surface area (TPSA) is 69.6 Å². The molecule has 2 rings (SSSR count). The van der Waals surface area contributed by atoms with E-state index in [1.807, 2.05) is 25.1 Å². The lowest BCUT2D eigenvalue weighted by Gasteiger charge is -2.18. The molecule has 1 saturated carbocycles. The number of aliphatic carboxylic acids is 1. The summed E-state index contributed by atoms with van der Waals surface area (Å²) in [6.07, 6.45) is 1.95. The molecule has 0 radical (unpaired) electrons. The standard InChI is InChI=1S/C15H19ClN2O3/c1-18(2)13-7-6-9(8-12(13)16)17-14(19)10-4-3-5-11(10)15(20)21/h6-8,10-11H,3-5H2,1-2H3,(H,17,19)(H,20,21). The molecular formula is C15H19ClN2O3. The lowest BCUT2D eigenvalue weighted by molar-refractivity contribution is -0.145. The van der Waals surface area contributed by atoms with Gasteiger partial charge in [0.2, 0.25) is 5.91 Å². The summed E-state index contributed by atoms with van der Waals surface area (Å²) in [4.78, 5) is 25.2. The predicted octanol–water partition coefficient (Wildman–Crippen LogP) is 2.85. The van der Waals surface area contributed by atoms with E-state index < -0.39 is 17.8 Å². The van der Waals surface area contributed by atoms with Gasteiger partial charge >= 0.3 is 5.97 Å². The van der Waals surface area contributed by atoms with Crippen LogP contribution >= 0.6 is 11.6 Å². The molecular weight excluding hydrogens is 292 g/mol. The van der Waals surface area contributed by atoms with Crippen molar-refractivity contribution in [3.05, 3.63) is 23.2 Å². The fourth-order valence-electron chi connectivity index (χ4n) is 2.75. The first-order valence-electron chi connectivity index (χ1n) is 6.90. The van der Waals surface area contributed by atoms with Crippen LogP contribution in [0, 0.1) is 11.8 Å². The van der Waals surface area contributed by atoms with E-state index in [0.29, 0.717) is 23.6 Å². The van der Waals surface area contributed by atoms with Crippen molar-refractivity contribution in [1.29, 1.82) is 0 Å². The molecule has 0 bridgehead atoms. The average Bonchev–Trinajstić information content (AvgIpc) is 2.87. The summed E-state index contributed by atoms with van der Waals surface area (Å²) >= 11 is 6.16. The number of benzene rings is 1. The Bertz CT molecular complexity index is 560. The van der Waals surface area contributed by atoms with Gasteiger partial charge in [-0.1, -0.05) is 18.0 Å². The molecule has 0 aliphatic heterocycles. The molecule has 1 aromatic carbocycles. The number of hydrogen-bond donors (Lipinski definition) is 2. The summed E-state index contributed by atoms with van der Waals surface area (Å²) < 4.78 is 0. The molecule has 114 valence electrons. The van der Waals surface area contributed by atoms with Crippen molar-refractivity contribution in [1.82, 2.24) is 0 Å². The molecule has 2 unspecified atom stereocenters. The van der Waals surface area contributed by atoms with Crippen LogP contribution < -0.4 is 10.2 Å². The second-order valence-electron chi connectivity index (χ2n) is 5.53. The number of carboxylic acid groups (broad SMARTS) is 1. The number of carboxylic acids is 1. The molecule has 1 fully saturated rings. The number of carbonyl (C=O) groups is 2.